The number of hydrogen-bond acceptors (Lipinski definition) is 3. The van der Waals surface area contributed by atoms with E-state index in [-0.39, 0.29) is 13.2 Å². The lowest BCUT2D eigenvalue weighted by Crippen LogP contribution is -2.06. The number of esters is 1. The largest absolute Gasteiger partial charge is 0.465 e. The van der Waals surface area contributed by atoms with Crippen LogP contribution in [0, 0.1) is 11.8 Å². The zero-order chi connectivity index (χ0) is 10.8. The Bertz CT molecular complexity index is 289. The third-order valence-electron chi connectivity index (χ3n) is 2.17. The first-order chi connectivity index (χ1) is 6.50. The van der Waals surface area contributed by atoms with Crippen LogP contribution in [0.5, 0.6) is 0 Å². The molecule has 0 radical (unpaired) electrons. The second-order valence-electron chi connectivity index (χ2n) is 3.10. The molecule has 7 heteroatoms. The molecule has 1 fully saturated rings. The van der Waals surface area contributed by atoms with Crippen LogP contribution in [0.25, 0.3) is 10.4 Å². The summed E-state index contributed by atoms with van der Waals surface area (Å²) in [5, 5.41) is 3.07. The van der Waals surface area contributed by atoms with Crippen molar-refractivity contribution in [2.45, 2.75) is 12.8 Å². The lowest BCUT2D eigenvalue weighted by Gasteiger charge is -1.98. The fourth-order valence-electron chi connectivity index (χ4n) is 1.27. The van der Waals surface area contributed by atoms with Crippen molar-refractivity contribution >= 4 is 5.97 Å². The molecular formula is C7H9F2N3O2. The average molecular weight is 205 g/mol. The second kappa shape index (κ2) is 3.79. The van der Waals surface area contributed by atoms with E-state index in [1.165, 1.54) is 0 Å². The predicted octanol–water partition coefficient (Wildman–Crippen LogP) is 1.74. The molecule has 0 aromatic carbocycles. The number of halogens is 2. The van der Waals surface area contributed by atoms with Crippen molar-refractivity contribution in [3.05, 3.63) is 10.4 Å². The minimum absolute atomic E-state index is 0.255. The van der Waals surface area contributed by atoms with Gasteiger partial charge in [0.15, 0.2) is 0 Å². The van der Waals surface area contributed by atoms with Gasteiger partial charge in [0.2, 0.25) is 0 Å². The summed E-state index contributed by atoms with van der Waals surface area (Å²) in [6.07, 6.45) is 0. The summed E-state index contributed by atoms with van der Waals surface area (Å²) in [6.45, 7) is 0.590. The first kappa shape index (κ1) is 10.7. The number of hydrogen-bond donors (Lipinski definition) is 0. The molecule has 0 N–H and O–H groups in total. The lowest BCUT2D eigenvalue weighted by molar-refractivity contribution is -0.142. The van der Waals surface area contributed by atoms with Gasteiger partial charge >= 0.3 is 5.97 Å². The number of nitrogens with zero attached hydrogens (tertiary/aromatic N) is 3. The third-order valence-corrected chi connectivity index (χ3v) is 2.17. The number of rotatable bonds is 4. The highest BCUT2D eigenvalue weighted by Gasteiger charge is 2.67. The molecule has 0 heterocycles. The minimum atomic E-state index is -2.87. The van der Waals surface area contributed by atoms with Crippen molar-refractivity contribution in [2.75, 3.05) is 13.2 Å². The van der Waals surface area contributed by atoms with Crippen LogP contribution in [0.4, 0.5) is 8.78 Å². The predicted molar refractivity (Wildman–Crippen MR) is 42.6 cm³/mol. The van der Waals surface area contributed by atoms with Gasteiger partial charge in [-0.2, -0.15) is 0 Å². The number of azide groups is 1. The molecule has 1 rings (SSSR count). The Hall–Kier alpha value is -1.36. The molecule has 0 aromatic rings. The van der Waals surface area contributed by atoms with Crippen molar-refractivity contribution in [3.63, 3.8) is 0 Å². The molecule has 1 saturated carbocycles. The molecule has 2 unspecified atom stereocenters. The van der Waals surface area contributed by atoms with Gasteiger partial charge < -0.3 is 4.74 Å². The highest BCUT2D eigenvalue weighted by atomic mass is 19.3. The second-order valence-corrected chi connectivity index (χ2v) is 3.10. The van der Waals surface area contributed by atoms with Crippen LogP contribution < -0.4 is 0 Å². The fourth-order valence-corrected chi connectivity index (χ4v) is 1.27. The van der Waals surface area contributed by atoms with E-state index in [1.807, 2.05) is 0 Å². The van der Waals surface area contributed by atoms with E-state index in [4.69, 9.17) is 5.53 Å². The molecule has 14 heavy (non-hydrogen) atoms. The molecule has 0 amide bonds. The molecule has 1 aliphatic carbocycles. The van der Waals surface area contributed by atoms with Crippen LogP contribution in [0.1, 0.15) is 6.92 Å². The average Bonchev–Trinajstić information content (AvgIpc) is 2.60. The molecule has 5 nitrogen and oxygen atoms in total. The summed E-state index contributed by atoms with van der Waals surface area (Å²) < 4.78 is 30.2. The topological polar surface area (TPSA) is 75.1 Å². The summed E-state index contributed by atoms with van der Waals surface area (Å²) >= 11 is 0. The molecule has 78 valence electrons. The number of carbonyl (C=O) groups is 1. The van der Waals surface area contributed by atoms with E-state index in [0.717, 1.165) is 6.92 Å². The van der Waals surface area contributed by atoms with Gasteiger partial charge in [0.1, 0.15) is 6.61 Å². The molecule has 0 aliphatic heterocycles. The number of ether oxygens (including phenoxy) is 1. The maximum atomic E-state index is 12.9. The van der Waals surface area contributed by atoms with Gasteiger partial charge in [0, 0.05) is 24.3 Å². The van der Waals surface area contributed by atoms with Gasteiger partial charge in [0.25, 0.3) is 5.92 Å². The Labute approximate surface area is 78.7 Å². The van der Waals surface area contributed by atoms with Crippen LogP contribution in [-0.2, 0) is 9.53 Å². The Kier molecular flexibility index (Phi) is 2.90. The summed E-state index contributed by atoms with van der Waals surface area (Å²) in [6, 6.07) is 0. The zero-order valence-electron chi connectivity index (χ0n) is 7.48. The molecule has 0 bridgehead atoms. The normalized spacial score (nSPS) is 27.6. The van der Waals surface area contributed by atoms with Gasteiger partial charge in [-0.3, -0.25) is 4.79 Å². The van der Waals surface area contributed by atoms with Crippen LogP contribution in [0.2, 0.25) is 0 Å². The first-order valence-corrected chi connectivity index (χ1v) is 4.02. The molecule has 1 aliphatic rings. The van der Waals surface area contributed by atoms with Crippen LogP contribution in [0.15, 0.2) is 5.11 Å². The molecule has 2 atom stereocenters. The molecular weight excluding hydrogens is 196 g/mol. The third kappa shape index (κ3) is 2.11. The van der Waals surface area contributed by atoms with E-state index < -0.39 is 23.7 Å². The standard InChI is InChI=1S/C7H9F2N3O2/c1-4(13)14-3-6-5(2-11-12-10)7(6,8)9/h5-6H,2-3H2,1H3. The van der Waals surface area contributed by atoms with E-state index in [1.54, 1.807) is 0 Å². The van der Waals surface area contributed by atoms with Crippen molar-refractivity contribution in [1.82, 2.24) is 0 Å². The summed E-state index contributed by atoms with van der Waals surface area (Å²) in [4.78, 5) is 12.8. The van der Waals surface area contributed by atoms with Gasteiger partial charge in [-0.05, 0) is 5.53 Å². The molecule has 0 spiro atoms. The van der Waals surface area contributed by atoms with Crippen molar-refractivity contribution in [2.24, 2.45) is 17.0 Å². The first-order valence-electron chi connectivity index (χ1n) is 4.02. The van der Waals surface area contributed by atoms with Crippen LogP contribution >= 0.6 is 0 Å². The van der Waals surface area contributed by atoms with E-state index in [9.17, 15) is 13.6 Å². The zero-order valence-corrected chi connectivity index (χ0v) is 7.48. The molecule has 0 aromatic heterocycles. The van der Waals surface area contributed by atoms with E-state index in [2.05, 4.69) is 14.8 Å². The quantitative estimate of drug-likeness (QED) is 0.303. The van der Waals surface area contributed by atoms with Crippen LogP contribution in [-0.4, -0.2) is 25.0 Å². The van der Waals surface area contributed by atoms with Gasteiger partial charge in [-0.25, -0.2) is 8.78 Å². The maximum Gasteiger partial charge on any atom is 0.302 e. The summed E-state index contributed by atoms with van der Waals surface area (Å²) in [5.74, 6) is -5.45. The Morgan fingerprint density at radius 1 is 1.64 bits per heavy atom. The lowest BCUT2D eigenvalue weighted by atomic mass is 10.3. The van der Waals surface area contributed by atoms with Crippen molar-refractivity contribution in [1.29, 1.82) is 0 Å². The summed E-state index contributed by atoms with van der Waals surface area (Å²) in [7, 11) is 0. The maximum absolute atomic E-state index is 12.9. The number of carbonyl (C=O) groups excluding carboxylic acids is 1. The highest BCUT2D eigenvalue weighted by Crippen LogP contribution is 2.55. The SMILES string of the molecule is CC(=O)OCC1C(CN=[N+]=[N-])C1(F)F. The summed E-state index contributed by atoms with van der Waals surface area (Å²) in [5.41, 5.74) is 7.95. The van der Waals surface area contributed by atoms with Gasteiger partial charge in [-0.1, -0.05) is 5.11 Å². The highest BCUT2D eigenvalue weighted by molar-refractivity contribution is 5.65. The van der Waals surface area contributed by atoms with Gasteiger partial charge in [-0.15, -0.1) is 0 Å². The van der Waals surface area contributed by atoms with Gasteiger partial charge in [0.05, 0.1) is 5.92 Å². The van der Waals surface area contributed by atoms with Crippen molar-refractivity contribution < 1.29 is 18.3 Å². The Morgan fingerprint density at radius 3 is 2.79 bits per heavy atom. The minimum Gasteiger partial charge on any atom is -0.465 e. The monoisotopic (exact) mass is 205 g/mol. The number of alkyl halides is 2. The molecule has 0 saturated heterocycles. The van der Waals surface area contributed by atoms with Crippen LogP contribution in [0.3, 0.4) is 0 Å². The Balaban J connectivity index is 2.40. The van der Waals surface area contributed by atoms with Crippen molar-refractivity contribution in [3.8, 4) is 0 Å². The smallest absolute Gasteiger partial charge is 0.302 e. The fraction of sp³-hybridized carbons (Fsp3) is 0.857. The van der Waals surface area contributed by atoms with E-state index in [0.29, 0.717) is 0 Å². The van der Waals surface area contributed by atoms with E-state index >= 15 is 0 Å². The Morgan fingerprint density at radius 2 is 2.29 bits per heavy atom.